The van der Waals surface area contributed by atoms with Crippen LogP contribution in [0.5, 0.6) is 0 Å². The molecule has 1 atom stereocenters. The van der Waals surface area contributed by atoms with Crippen LogP contribution in [0, 0.1) is 0 Å². The molecule has 1 saturated heterocycles. The van der Waals surface area contributed by atoms with E-state index in [-0.39, 0.29) is 0 Å². The number of carboxylic acids is 1. The molecule has 104 valence electrons. The van der Waals surface area contributed by atoms with E-state index >= 15 is 0 Å². The van der Waals surface area contributed by atoms with E-state index < -0.39 is 12.0 Å². The molecule has 0 aromatic carbocycles. The fourth-order valence-electron chi connectivity index (χ4n) is 2.06. The van der Waals surface area contributed by atoms with Crippen LogP contribution in [0.3, 0.4) is 0 Å². The van der Waals surface area contributed by atoms with E-state index in [0.717, 1.165) is 19.0 Å². The number of aliphatic imine (C=N–C) groups is 1. The maximum atomic E-state index is 10.6. The van der Waals surface area contributed by atoms with Gasteiger partial charge in [-0.25, -0.2) is 0 Å². The Balaban J connectivity index is 2.39. The molecule has 0 saturated carbocycles. The second-order valence-electron chi connectivity index (χ2n) is 4.86. The standard InChI is InChI=1S/C12H24N4O2/c1-15(2)12(16-8-3-4-9-16)14-7-5-6-10(13)11(17)18/h10H,3-9,13H2,1-2H3,(H,17,18)/b14-12+. The molecule has 1 rings (SSSR count). The SMILES string of the molecule is CN(C)/C(=N\CCCC(N)C(=O)O)N1CCCC1. The van der Waals surface area contributed by atoms with Crippen molar-refractivity contribution in [3.05, 3.63) is 0 Å². The van der Waals surface area contributed by atoms with Crippen LogP contribution in [0.15, 0.2) is 4.99 Å². The van der Waals surface area contributed by atoms with Crippen LogP contribution < -0.4 is 5.73 Å². The monoisotopic (exact) mass is 256 g/mol. The highest BCUT2D eigenvalue weighted by Crippen LogP contribution is 2.09. The molecule has 1 unspecified atom stereocenters. The zero-order valence-corrected chi connectivity index (χ0v) is 11.3. The number of nitrogens with zero attached hydrogens (tertiary/aromatic N) is 3. The van der Waals surface area contributed by atoms with Gasteiger partial charge in [0.05, 0.1) is 0 Å². The minimum atomic E-state index is -0.939. The highest BCUT2D eigenvalue weighted by molar-refractivity contribution is 5.79. The van der Waals surface area contributed by atoms with Gasteiger partial charge < -0.3 is 20.6 Å². The lowest BCUT2D eigenvalue weighted by Gasteiger charge is -2.25. The van der Waals surface area contributed by atoms with Crippen molar-refractivity contribution in [2.75, 3.05) is 33.7 Å². The fourth-order valence-corrected chi connectivity index (χ4v) is 2.06. The molecule has 0 spiro atoms. The Kier molecular flexibility index (Phi) is 5.91. The summed E-state index contributed by atoms with van der Waals surface area (Å²) >= 11 is 0. The molecule has 1 aliphatic heterocycles. The molecule has 6 nitrogen and oxygen atoms in total. The second kappa shape index (κ2) is 7.20. The third kappa shape index (κ3) is 4.52. The molecule has 3 N–H and O–H groups in total. The predicted molar refractivity (Wildman–Crippen MR) is 71.6 cm³/mol. The van der Waals surface area contributed by atoms with Gasteiger partial charge in [-0.15, -0.1) is 0 Å². The lowest BCUT2D eigenvalue weighted by molar-refractivity contribution is -0.138. The van der Waals surface area contributed by atoms with Crippen molar-refractivity contribution in [2.45, 2.75) is 31.7 Å². The van der Waals surface area contributed by atoms with Crippen LogP contribution in [0.2, 0.25) is 0 Å². The number of carboxylic acid groups (broad SMARTS) is 1. The minimum absolute atomic E-state index is 0.472. The molecule has 1 heterocycles. The van der Waals surface area contributed by atoms with Gasteiger partial charge in [-0.1, -0.05) is 0 Å². The Bertz CT molecular complexity index is 298. The first-order valence-electron chi connectivity index (χ1n) is 6.47. The maximum Gasteiger partial charge on any atom is 0.320 e. The molecule has 1 aliphatic rings. The average molecular weight is 256 g/mol. The first-order valence-corrected chi connectivity index (χ1v) is 6.47. The van der Waals surface area contributed by atoms with Crippen molar-refractivity contribution in [1.82, 2.24) is 9.80 Å². The van der Waals surface area contributed by atoms with Crippen LogP contribution in [0.25, 0.3) is 0 Å². The van der Waals surface area contributed by atoms with Crippen molar-refractivity contribution in [3.63, 3.8) is 0 Å². The Morgan fingerprint density at radius 3 is 2.56 bits per heavy atom. The molecule has 0 aliphatic carbocycles. The Hall–Kier alpha value is -1.30. The normalized spacial score (nSPS) is 17.9. The van der Waals surface area contributed by atoms with Crippen LogP contribution in [-0.2, 0) is 4.79 Å². The zero-order chi connectivity index (χ0) is 13.5. The summed E-state index contributed by atoms with van der Waals surface area (Å²) in [6, 6.07) is -0.769. The largest absolute Gasteiger partial charge is 0.480 e. The van der Waals surface area contributed by atoms with Crippen molar-refractivity contribution >= 4 is 11.9 Å². The smallest absolute Gasteiger partial charge is 0.320 e. The van der Waals surface area contributed by atoms with Crippen LogP contribution >= 0.6 is 0 Å². The summed E-state index contributed by atoms with van der Waals surface area (Å²) in [6.45, 7) is 2.75. The fraction of sp³-hybridized carbons (Fsp3) is 0.833. The summed E-state index contributed by atoms with van der Waals surface area (Å²) in [7, 11) is 3.97. The van der Waals surface area contributed by atoms with Gasteiger partial charge in [0.15, 0.2) is 5.96 Å². The van der Waals surface area contributed by atoms with Crippen LogP contribution in [0.1, 0.15) is 25.7 Å². The molecule has 0 aromatic rings. The quantitative estimate of drug-likeness (QED) is 0.417. The van der Waals surface area contributed by atoms with E-state index in [4.69, 9.17) is 10.8 Å². The number of likely N-dealkylation sites (tertiary alicyclic amines) is 1. The molecule has 1 fully saturated rings. The Morgan fingerprint density at radius 2 is 2.06 bits per heavy atom. The number of carbonyl (C=O) groups is 1. The Morgan fingerprint density at radius 1 is 1.44 bits per heavy atom. The number of guanidine groups is 1. The van der Waals surface area contributed by atoms with Crippen molar-refractivity contribution in [1.29, 1.82) is 0 Å². The van der Waals surface area contributed by atoms with Gasteiger partial charge in [0.1, 0.15) is 6.04 Å². The van der Waals surface area contributed by atoms with Gasteiger partial charge in [-0.05, 0) is 25.7 Å². The van der Waals surface area contributed by atoms with Gasteiger partial charge in [-0.3, -0.25) is 9.79 Å². The van der Waals surface area contributed by atoms with Crippen molar-refractivity contribution in [2.24, 2.45) is 10.7 Å². The minimum Gasteiger partial charge on any atom is -0.480 e. The number of rotatable bonds is 5. The maximum absolute atomic E-state index is 10.6. The molecule has 0 amide bonds. The summed E-state index contributed by atoms with van der Waals surface area (Å²) in [5.74, 6) is 0.0581. The first-order chi connectivity index (χ1) is 8.52. The van der Waals surface area contributed by atoms with E-state index in [1.807, 2.05) is 19.0 Å². The predicted octanol–water partition coefficient (Wildman–Crippen LogP) is 0.192. The third-order valence-electron chi connectivity index (χ3n) is 3.03. The van der Waals surface area contributed by atoms with E-state index in [1.54, 1.807) is 0 Å². The molecular formula is C12H24N4O2. The average Bonchev–Trinajstić information content (AvgIpc) is 2.81. The number of hydrogen-bond acceptors (Lipinski definition) is 3. The lowest BCUT2D eigenvalue weighted by Crippen LogP contribution is -2.39. The first kappa shape index (κ1) is 14.8. The van der Waals surface area contributed by atoms with E-state index in [1.165, 1.54) is 12.8 Å². The van der Waals surface area contributed by atoms with Crippen LogP contribution in [-0.4, -0.2) is 66.6 Å². The number of nitrogens with two attached hydrogens (primary N) is 1. The molecular weight excluding hydrogens is 232 g/mol. The molecule has 0 aromatic heterocycles. The molecule has 18 heavy (non-hydrogen) atoms. The van der Waals surface area contributed by atoms with Gasteiger partial charge in [0, 0.05) is 33.7 Å². The van der Waals surface area contributed by atoms with Gasteiger partial charge in [0.25, 0.3) is 0 Å². The topological polar surface area (TPSA) is 82.2 Å². The summed E-state index contributed by atoms with van der Waals surface area (Å²) in [5, 5.41) is 8.67. The third-order valence-corrected chi connectivity index (χ3v) is 3.03. The lowest BCUT2D eigenvalue weighted by atomic mass is 10.2. The molecule has 0 bridgehead atoms. The highest BCUT2D eigenvalue weighted by Gasteiger charge is 2.17. The van der Waals surface area contributed by atoms with E-state index in [2.05, 4.69) is 9.89 Å². The second-order valence-corrected chi connectivity index (χ2v) is 4.86. The molecule has 0 radical (unpaired) electrons. The summed E-state index contributed by atoms with van der Waals surface area (Å²) < 4.78 is 0. The van der Waals surface area contributed by atoms with Crippen molar-refractivity contribution < 1.29 is 9.90 Å². The van der Waals surface area contributed by atoms with Crippen LogP contribution in [0.4, 0.5) is 0 Å². The van der Waals surface area contributed by atoms with E-state index in [0.29, 0.717) is 19.4 Å². The summed E-state index contributed by atoms with van der Waals surface area (Å²) in [4.78, 5) is 19.4. The van der Waals surface area contributed by atoms with Gasteiger partial charge in [0.2, 0.25) is 0 Å². The van der Waals surface area contributed by atoms with Gasteiger partial charge >= 0.3 is 5.97 Å². The molecule has 6 heteroatoms. The zero-order valence-electron chi connectivity index (χ0n) is 11.3. The summed E-state index contributed by atoms with van der Waals surface area (Å²) in [5.41, 5.74) is 5.45. The van der Waals surface area contributed by atoms with E-state index in [9.17, 15) is 4.79 Å². The number of aliphatic carboxylic acids is 1. The highest BCUT2D eigenvalue weighted by atomic mass is 16.4. The summed E-state index contributed by atoms with van der Waals surface area (Å²) in [6.07, 6.45) is 3.62. The Labute approximate surface area is 108 Å². The van der Waals surface area contributed by atoms with Gasteiger partial charge in [-0.2, -0.15) is 0 Å². The van der Waals surface area contributed by atoms with Crippen molar-refractivity contribution in [3.8, 4) is 0 Å². The number of hydrogen-bond donors (Lipinski definition) is 2.